The highest BCUT2D eigenvalue weighted by atomic mass is 16.4. The molecule has 0 fully saturated rings. The molecule has 1 aromatic heterocycles. The Labute approximate surface area is 111 Å². The van der Waals surface area contributed by atoms with Crippen molar-refractivity contribution in [2.45, 2.75) is 13.3 Å². The summed E-state index contributed by atoms with van der Waals surface area (Å²) in [5, 5.41) is 13.1. The molecule has 0 aliphatic rings. The summed E-state index contributed by atoms with van der Waals surface area (Å²) in [6.07, 6.45) is 4.91. The number of carbonyl (C=O) groups is 1. The van der Waals surface area contributed by atoms with Crippen molar-refractivity contribution < 1.29 is 9.90 Å². The summed E-state index contributed by atoms with van der Waals surface area (Å²) in [6.45, 7) is 2.70. The predicted molar refractivity (Wildman–Crippen MR) is 76.6 cm³/mol. The number of carboxylic acid groups (broad SMARTS) is 1. The first kappa shape index (κ1) is 13.1. The van der Waals surface area contributed by atoms with Crippen molar-refractivity contribution in [1.29, 1.82) is 0 Å². The van der Waals surface area contributed by atoms with Crippen molar-refractivity contribution in [1.82, 2.24) is 4.98 Å². The summed E-state index contributed by atoms with van der Waals surface area (Å²) in [5.74, 6) is -0.337. The Morgan fingerprint density at radius 1 is 1.42 bits per heavy atom. The van der Waals surface area contributed by atoms with Crippen LogP contribution in [0.2, 0.25) is 0 Å². The molecule has 4 nitrogen and oxygen atoms in total. The number of allylic oxidation sites excluding steroid dienone is 1. The third kappa shape index (κ3) is 3.10. The van der Waals surface area contributed by atoms with Gasteiger partial charge in [-0.05, 0) is 25.5 Å². The molecule has 0 aliphatic carbocycles. The van der Waals surface area contributed by atoms with E-state index in [1.54, 1.807) is 12.1 Å². The molecule has 0 aliphatic heterocycles. The van der Waals surface area contributed by atoms with Crippen LogP contribution in [0.15, 0.2) is 42.5 Å². The van der Waals surface area contributed by atoms with Crippen LogP contribution in [0.3, 0.4) is 0 Å². The number of anilines is 1. The van der Waals surface area contributed by atoms with Crippen molar-refractivity contribution in [3.8, 4) is 0 Å². The Morgan fingerprint density at radius 2 is 2.21 bits per heavy atom. The number of aromatic carboxylic acids is 1. The Morgan fingerprint density at radius 3 is 2.95 bits per heavy atom. The largest absolute Gasteiger partial charge is 0.478 e. The van der Waals surface area contributed by atoms with Crippen molar-refractivity contribution in [2.24, 2.45) is 0 Å². The highest BCUT2D eigenvalue weighted by molar-refractivity contribution is 6.03. The monoisotopic (exact) mass is 256 g/mol. The van der Waals surface area contributed by atoms with Gasteiger partial charge >= 0.3 is 5.97 Å². The van der Waals surface area contributed by atoms with Gasteiger partial charge in [-0.25, -0.2) is 9.78 Å². The van der Waals surface area contributed by atoms with Gasteiger partial charge in [0, 0.05) is 11.9 Å². The molecule has 2 rings (SSSR count). The quantitative estimate of drug-likeness (QED) is 0.636. The maximum atomic E-state index is 11.3. The lowest BCUT2D eigenvalue weighted by Gasteiger charge is -2.08. The summed E-state index contributed by atoms with van der Waals surface area (Å²) in [6, 6.07) is 8.84. The minimum absolute atomic E-state index is 0.277. The molecule has 0 radical (unpaired) electrons. The van der Waals surface area contributed by atoms with Crippen molar-refractivity contribution >= 4 is 22.7 Å². The Bertz CT molecular complexity index is 621. The maximum absolute atomic E-state index is 11.3. The van der Waals surface area contributed by atoms with Crippen LogP contribution in [0, 0.1) is 0 Å². The summed E-state index contributed by atoms with van der Waals surface area (Å²) in [4.78, 5) is 15.7. The molecule has 0 unspecified atom stereocenters. The molecule has 0 spiro atoms. The van der Waals surface area contributed by atoms with Gasteiger partial charge in [0.05, 0.1) is 11.1 Å². The van der Waals surface area contributed by atoms with Gasteiger partial charge in [0.25, 0.3) is 0 Å². The number of nitrogens with one attached hydrogen (secondary N) is 1. The van der Waals surface area contributed by atoms with Crippen LogP contribution >= 0.6 is 0 Å². The third-order valence-corrected chi connectivity index (χ3v) is 2.80. The molecule has 0 saturated heterocycles. The number of fused-ring (bicyclic) bond motifs is 1. The predicted octanol–water partition coefficient (Wildman–Crippen LogP) is 3.31. The molecule has 0 atom stereocenters. The second-order valence-corrected chi connectivity index (χ2v) is 4.16. The molecule has 98 valence electrons. The lowest BCUT2D eigenvalue weighted by molar-refractivity contribution is 0.0699. The Hall–Kier alpha value is -2.36. The zero-order valence-corrected chi connectivity index (χ0v) is 10.8. The summed E-state index contributed by atoms with van der Waals surface area (Å²) >= 11 is 0. The maximum Gasteiger partial charge on any atom is 0.336 e. The number of hydrogen-bond acceptors (Lipinski definition) is 3. The first-order chi connectivity index (χ1) is 9.22. The van der Waals surface area contributed by atoms with Crippen molar-refractivity contribution in [3.05, 3.63) is 48.0 Å². The number of benzene rings is 1. The van der Waals surface area contributed by atoms with Gasteiger partial charge in [0.1, 0.15) is 5.82 Å². The topological polar surface area (TPSA) is 62.2 Å². The SMILES string of the molecule is C/C=C/CCNc1cc(C(=O)O)c2ccccc2n1. The van der Waals surface area contributed by atoms with Crippen LogP contribution in [-0.2, 0) is 0 Å². The van der Waals surface area contributed by atoms with E-state index >= 15 is 0 Å². The average Bonchev–Trinajstić information content (AvgIpc) is 2.42. The summed E-state index contributed by atoms with van der Waals surface area (Å²) in [7, 11) is 0. The highest BCUT2D eigenvalue weighted by Crippen LogP contribution is 2.20. The fraction of sp³-hybridized carbons (Fsp3) is 0.200. The number of rotatable bonds is 5. The van der Waals surface area contributed by atoms with Crippen LogP contribution in [0.25, 0.3) is 10.9 Å². The zero-order chi connectivity index (χ0) is 13.7. The van der Waals surface area contributed by atoms with Crippen LogP contribution in [0.1, 0.15) is 23.7 Å². The van der Waals surface area contributed by atoms with Crippen LogP contribution in [-0.4, -0.2) is 22.6 Å². The van der Waals surface area contributed by atoms with E-state index in [1.807, 2.05) is 37.3 Å². The lowest BCUT2D eigenvalue weighted by atomic mass is 10.1. The number of pyridine rings is 1. The van der Waals surface area contributed by atoms with E-state index in [2.05, 4.69) is 10.3 Å². The number of hydrogen-bond donors (Lipinski definition) is 2. The second-order valence-electron chi connectivity index (χ2n) is 4.16. The van der Waals surface area contributed by atoms with Gasteiger partial charge in [0.15, 0.2) is 0 Å². The minimum atomic E-state index is -0.935. The van der Waals surface area contributed by atoms with Crippen LogP contribution in [0.5, 0.6) is 0 Å². The molecule has 1 heterocycles. The van der Waals surface area contributed by atoms with Crippen LogP contribution in [0.4, 0.5) is 5.82 Å². The highest BCUT2D eigenvalue weighted by Gasteiger charge is 2.10. The molecule has 0 amide bonds. The molecule has 2 N–H and O–H groups in total. The summed E-state index contributed by atoms with van der Waals surface area (Å²) < 4.78 is 0. The number of nitrogens with zero attached hydrogens (tertiary/aromatic N) is 1. The Kier molecular flexibility index (Phi) is 4.13. The lowest BCUT2D eigenvalue weighted by Crippen LogP contribution is -2.06. The van der Waals surface area contributed by atoms with Gasteiger partial charge in [-0.3, -0.25) is 0 Å². The first-order valence-electron chi connectivity index (χ1n) is 6.20. The molecular weight excluding hydrogens is 240 g/mol. The van der Waals surface area contributed by atoms with E-state index in [-0.39, 0.29) is 5.56 Å². The standard InChI is InChI=1S/C15H16N2O2/c1-2-3-6-9-16-14-10-12(15(18)19)11-7-4-5-8-13(11)17-14/h2-5,7-8,10H,6,9H2,1H3,(H,16,17)(H,18,19)/b3-2+. The van der Waals surface area contributed by atoms with E-state index in [0.29, 0.717) is 16.7 Å². The molecule has 0 bridgehead atoms. The number of carboxylic acids is 1. The van der Waals surface area contributed by atoms with E-state index in [9.17, 15) is 9.90 Å². The van der Waals surface area contributed by atoms with E-state index < -0.39 is 5.97 Å². The molecule has 1 aromatic carbocycles. The van der Waals surface area contributed by atoms with Gasteiger partial charge < -0.3 is 10.4 Å². The molecular formula is C15H16N2O2. The van der Waals surface area contributed by atoms with Crippen LogP contribution < -0.4 is 5.32 Å². The van der Waals surface area contributed by atoms with Gasteiger partial charge in [0.2, 0.25) is 0 Å². The van der Waals surface area contributed by atoms with Crippen molar-refractivity contribution in [2.75, 3.05) is 11.9 Å². The fourth-order valence-corrected chi connectivity index (χ4v) is 1.89. The fourth-order valence-electron chi connectivity index (χ4n) is 1.89. The molecule has 2 aromatic rings. The van der Waals surface area contributed by atoms with E-state index in [0.717, 1.165) is 13.0 Å². The van der Waals surface area contributed by atoms with Gasteiger partial charge in [-0.1, -0.05) is 30.4 Å². The molecule has 4 heteroatoms. The number of para-hydroxylation sites is 1. The average molecular weight is 256 g/mol. The minimum Gasteiger partial charge on any atom is -0.478 e. The van der Waals surface area contributed by atoms with E-state index in [4.69, 9.17) is 0 Å². The normalized spacial score (nSPS) is 11.0. The second kappa shape index (κ2) is 6.00. The zero-order valence-electron chi connectivity index (χ0n) is 10.8. The number of aromatic nitrogens is 1. The van der Waals surface area contributed by atoms with Crippen molar-refractivity contribution in [3.63, 3.8) is 0 Å². The van der Waals surface area contributed by atoms with Gasteiger partial charge in [-0.2, -0.15) is 0 Å². The Balaban J connectivity index is 2.32. The first-order valence-corrected chi connectivity index (χ1v) is 6.20. The smallest absolute Gasteiger partial charge is 0.336 e. The molecule has 19 heavy (non-hydrogen) atoms. The van der Waals surface area contributed by atoms with Gasteiger partial charge in [-0.15, -0.1) is 0 Å². The third-order valence-electron chi connectivity index (χ3n) is 2.80. The summed E-state index contributed by atoms with van der Waals surface area (Å²) in [5.41, 5.74) is 0.968. The molecule has 0 saturated carbocycles. The van der Waals surface area contributed by atoms with E-state index in [1.165, 1.54) is 0 Å².